The summed E-state index contributed by atoms with van der Waals surface area (Å²) in [6.45, 7) is 4.10. The van der Waals surface area contributed by atoms with Crippen molar-refractivity contribution in [3.05, 3.63) is 36.3 Å². The zero-order valence-corrected chi connectivity index (χ0v) is 10.2. The maximum absolute atomic E-state index is 11.8. The SMILES string of the molecule is CC(C)CC(=O)Cc1ncnc2ccccc12. The van der Waals surface area contributed by atoms with E-state index in [1.54, 1.807) is 0 Å². The van der Waals surface area contributed by atoms with Gasteiger partial charge in [-0.1, -0.05) is 32.0 Å². The first-order valence-electron chi connectivity index (χ1n) is 5.87. The van der Waals surface area contributed by atoms with Gasteiger partial charge in [0.05, 0.1) is 11.2 Å². The molecule has 2 rings (SSSR count). The van der Waals surface area contributed by atoms with Crippen molar-refractivity contribution in [1.29, 1.82) is 0 Å². The number of Topliss-reactive ketones (excluding diaryl/α,β-unsaturated/α-hetero) is 1. The summed E-state index contributed by atoms with van der Waals surface area (Å²) < 4.78 is 0. The van der Waals surface area contributed by atoms with E-state index < -0.39 is 0 Å². The first-order valence-corrected chi connectivity index (χ1v) is 5.87. The van der Waals surface area contributed by atoms with E-state index in [0.717, 1.165) is 16.6 Å². The molecule has 0 radical (unpaired) electrons. The Balaban J connectivity index is 2.27. The van der Waals surface area contributed by atoms with Crippen molar-refractivity contribution in [3.63, 3.8) is 0 Å². The summed E-state index contributed by atoms with van der Waals surface area (Å²) in [4.78, 5) is 20.2. The summed E-state index contributed by atoms with van der Waals surface area (Å²) in [5.41, 5.74) is 1.73. The molecule has 1 aromatic carbocycles. The lowest BCUT2D eigenvalue weighted by molar-refractivity contribution is -0.119. The van der Waals surface area contributed by atoms with Crippen LogP contribution in [0, 0.1) is 5.92 Å². The highest BCUT2D eigenvalue weighted by Crippen LogP contribution is 2.15. The number of rotatable bonds is 4. The van der Waals surface area contributed by atoms with E-state index in [9.17, 15) is 4.79 Å². The minimum absolute atomic E-state index is 0.240. The van der Waals surface area contributed by atoms with Gasteiger partial charge >= 0.3 is 0 Å². The summed E-state index contributed by atoms with van der Waals surface area (Å²) in [6, 6.07) is 7.79. The molecule has 3 nitrogen and oxygen atoms in total. The van der Waals surface area contributed by atoms with Crippen LogP contribution in [0.4, 0.5) is 0 Å². The number of fused-ring (bicyclic) bond motifs is 1. The van der Waals surface area contributed by atoms with Crippen molar-refractivity contribution in [2.45, 2.75) is 26.7 Å². The molecule has 17 heavy (non-hydrogen) atoms. The fourth-order valence-electron chi connectivity index (χ4n) is 1.92. The number of aromatic nitrogens is 2. The Labute approximate surface area is 101 Å². The number of para-hydroxylation sites is 1. The van der Waals surface area contributed by atoms with Crippen molar-refractivity contribution < 1.29 is 4.79 Å². The average molecular weight is 228 g/mol. The van der Waals surface area contributed by atoms with Gasteiger partial charge in [0.15, 0.2) is 0 Å². The van der Waals surface area contributed by atoms with E-state index in [-0.39, 0.29) is 5.78 Å². The third-order valence-electron chi connectivity index (χ3n) is 2.63. The second-order valence-corrected chi connectivity index (χ2v) is 4.65. The summed E-state index contributed by atoms with van der Waals surface area (Å²) in [5.74, 6) is 0.638. The molecule has 0 aliphatic heterocycles. The largest absolute Gasteiger partial charge is 0.299 e. The molecule has 0 N–H and O–H groups in total. The number of ketones is 1. The number of benzene rings is 1. The van der Waals surface area contributed by atoms with Gasteiger partial charge in [0, 0.05) is 18.2 Å². The molecule has 0 saturated heterocycles. The third-order valence-corrected chi connectivity index (χ3v) is 2.63. The molecule has 0 aliphatic rings. The number of carbonyl (C=O) groups is 1. The number of nitrogens with zero attached hydrogens (tertiary/aromatic N) is 2. The van der Waals surface area contributed by atoms with Crippen LogP contribution in [0.15, 0.2) is 30.6 Å². The van der Waals surface area contributed by atoms with Crippen LogP contribution in [-0.4, -0.2) is 15.8 Å². The minimum Gasteiger partial charge on any atom is -0.299 e. The van der Waals surface area contributed by atoms with Crippen molar-refractivity contribution in [3.8, 4) is 0 Å². The van der Waals surface area contributed by atoms with Crippen LogP contribution in [-0.2, 0) is 11.2 Å². The predicted octanol–water partition coefficient (Wildman–Crippen LogP) is 2.79. The van der Waals surface area contributed by atoms with E-state index in [4.69, 9.17) is 0 Å². The summed E-state index contributed by atoms with van der Waals surface area (Å²) in [6.07, 6.45) is 2.54. The van der Waals surface area contributed by atoms with E-state index in [2.05, 4.69) is 23.8 Å². The molecule has 0 unspecified atom stereocenters. The zero-order valence-electron chi connectivity index (χ0n) is 10.2. The zero-order chi connectivity index (χ0) is 12.3. The van der Waals surface area contributed by atoms with Crippen molar-refractivity contribution in [1.82, 2.24) is 9.97 Å². The second kappa shape index (κ2) is 5.04. The lowest BCUT2D eigenvalue weighted by atomic mass is 10.0. The van der Waals surface area contributed by atoms with Gasteiger partial charge in [-0.05, 0) is 12.0 Å². The normalized spacial score (nSPS) is 11.0. The topological polar surface area (TPSA) is 42.9 Å². The molecule has 88 valence electrons. The van der Waals surface area contributed by atoms with Gasteiger partial charge in [-0.2, -0.15) is 0 Å². The predicted molar refractivity (Wildman–Crippen MR) is 67.7 cm³/mol. The highest BCUT2D eigenvalue weighted by molar-refractivity contribution is 5.87. The molecule has 0 amide bonds. The summed E-state index contributed by atoms with van der Waals surface area (Å²) in [5, 5.41) is 0.979. The number of hydrogen-bond acceptors (Lipinski definition) is 3. The van der Waals surface area contributed by atoms with Crippen LogP contribution >= 0.6 is 0 Å². The molecule has 0 fully saturated rings. The molecule has 1 aromatic heterocycles. The first kappa shape index (κ1) is 11.7. The molecule has 0 saturated carbocycles. The minimum atomic E-state index is 0.240. The Kier molecular flexibility index (Phi) is 3.47. The first-order chi connectivity index (χ1) is 8.16. The Hall–Kier alpha value is -1.77. The molecule has 2 aromatic rings. The molecular weight excluding hydrogens is 212 g/mol. The molecule has 0 bridgehead atoms. The van der Waals surface area contributed by atoms with Gasteiger partial charge in [0.2, 0.25) is 0 Å². The summed E-state index contributed by atoms with van der Waals surface area (Å²) >= 11 is 0. The van der Waals surface area contributed by atoms with Crippen LogP contribution in [0.2, 0.25) is 0 Å². The molecular formula is C14H16N2O. The van der Waals surface area contributed by atoms with E-state index >= 15 is 0 Å². The monoisotopic (exact) mass is 228 g/mol. The molecule has 1 heterocycles. The van der Waals surface area contributed by atoms with Crippen LogP contribution < -0.4 is 0 Å². The number of carbonyl (C=O) groups excluding carboxylic acids is 1. The molecule has 0 spiro atoms. The lowest BCUT2D eigenvalue weighted by Gasteiger charge is -2.05. The van der Waals surface area contributed by atoms with Crippen molar-refractivity contribution in [2.75, 3.05) is 0 Å². The van der Waals surface area contributed by atoms with E-state index in [0.29, 0.717) is 18.8 Å². The van der Waals surface area contributed by atoms with E-state index in [1.165, 1.54) is 6.33 Å². The van der Waals surface area contributed by atoms with Gasteiger partial charge in [0.1, 0.15) is 12.1 Å². The Morgan fingerprint density at radius 3 is 2.76 bits per heavy atom. The highest BCUT2D eigenvalue weighted by atomic mass is 16.1. The van der Waals surface area contributed by atoms with Crippen LogP contribution in [0.25, 0.3) is 10.9 Å². The standard InChI is InChI=1S/C14H16N2O/c1-10(2)7-11(17)8-14-12-5-3-4-6-13(12)15-9-16-14/h3-6,9-10H,7-8H2,1-2H3. The third kappa shape index (κ3) is 2.87. The van der Waals surface area contributed by atoms with Crippen molar-refractivity contribution >= 4 is 16.7 Å². The average Bonchev–Trinajstić information content (AvgIpc) is 2.28. The molecule has 0 aliphatic carbocycles. The Morgan fingerprint density at radius 2 is 2.00 bits per heavy atom. The van der Waals surface area contributed by atoms with Crippen LogP contribution in [0.5, 0.6) is 0 Å². The highest BCUT2D eigenvalue weighted by Gasteiger charge is 2.10. The molecule has 0 atom stereocenters. The van der Waals surface area contributed by atoms with Gasteiger partial charge in [-0.3, -0.25) is 4.79 Å². The smallest absolute Gasteiger partial charge is 0.139 e. The van der Waals surface area contributed by atoms with Gasteiger partial charge in [-0.15, -0.1) is 0 Å². The lowest BCUT2D eigenvalue weighted by Crippen LogP contribution is -2.08. The Morgan fingerprint density at radius 1 is 1.24 bits per heavy atom. The van der Waals surface area contributed by atoms with Crippen LogP contribution in [0.1, 0.15) is 26.0 Å². The fourth-order valence-corrected chi connectivity index (χ4v) is 1.92. The van der Waals surface area contributed by atoms with Gasteiger partial charge in [-0.25, -0.2) is 9.97 Å². The van der Waals surface area contributed by atoms with E-state index in [1.807, 2.05) is 24.3 Å². The fraction of sp³-hybridized carbons (Fsp3) is 0.357. The maximum atomic E-state index is 11.8. The van der Waals surface area contributed by atoms with Gasteiger partial charge in [0.25, 0.3) is 0 Å². The van der Waals surface area contributed by atoms with Crippen LogP contribution in [0.3, 0.4) is 0 Å². The van der Waals surface area contributed by atoms with Crippen molar-refractivity contribution in [2.24, 2.45) is 5.92 Å². The van der Waals surface area contributed by atoms with Gasteiger partial charge < -0.3 is 0 Å². The maximum Gasteiger partial charge on any atom is 0.139 e. The number of hydrogen-bond donors (Lipinski definition) is 0. The quantitative estimate of drug-likeness (QED) is 0.808. The summed E-state index contributed by atoms with van der Waals surface area (Å²) in [7, 11) is 0. The Bertz CT molecular complexity index is 529. The second-order valence-electron chi connectivity index (χ2n) is 4.65. The molecule has 3 heteroatoms.